The number of fused-ring (bicyclic) bond motifs is 1. The van der Waals surface area contributed by atoms with Crippen LogP contribution in [0.15, 0.2) is 24.4 Å². The summed E-state index contributed by atoms with van der Waals surface area (Å²) in [5.41, 5.74) is 4.20. The molecule has 0 spiro atoms. The zero-order valence-electron chi connectivity index (χ0n) is 11.3. The first-order valence-corrected chi connectivity index (χ1v) is 7.40. The van der Waals surface area contributed by atoms with E-state index in [9.17, 15) is 0 Å². The van der Waals surface area contributed by atoms with Gasteiger partial charge < -0.3 is 4.98 Å². The molecule has 0 amide bonds. The maximum Gasteiger partial charge on any atom is 0.0486 e. The van der Waals surface area contributed by atoms with E-state index in [2.05, 4.69) is 36.3 Å². The van der Waals surface area contributed by atoms with Crippen LogP contribution in [0.2, 0.25) is 0 Å². The van der Waals surface area contributed by atoms with Gasteiger partial charge in [0.25, 0.3) is 0 Å². The number of aromatic amines is 1. The second-order valence-electron chi connectivity index (χ2n) is 5.85. The van der Waals surface area contributed by atoms with Gasteiger partial charge >= 0.3 is 0 Å². The fraction of sp³-hybridized carbons (Fsp3) is 0.529. The van der Waals surface area contributed by atoms with Crippen molar-refractivity contribution in [1.82, 2.24) is 4.98 Å². The topological polar surface area (TPSA) is 15.8 Å². The largest absolute Gasteiger partial charge is 0.361 e. The number of H-pyrrole nitrogens is 1. The van der Waals surface area contributed by atoms with Gasteiger partial charge in [0.1, 0.15) is 0 Å². The number of para-hydroxylation sites is 1. The lowest BCUT2D eigenvalue weighted by molar-refractivity contribution is 0.339. The van der Waals surface area contributed by atoms with Crippen molar-refractivity contribution in [2.75, 3.05) is 0 Å². The molecule has 1 aliphatic rings. The van der Waals surface area contributed by atoms with Crippen LogP contribution in [0.4, 0.5) is 0 Å². The van der Waals surface area contributed by atoms with Gasteiger partial charge in [-0.3, -0.25) is 0 Å². The van der Waals surface area contributed by atoms with Crippen molar-refractivity contribution in [2.24, 2.45) is 5.92 Å². The third kappa shape index (κ3) is 2.31. The second kappa shape index (κ2) is 5.17. The summed E-state index contributed by atoms with van der Waals surface area (Å²) in [5, 5.41) is 1.44. The molecule has 1 nitrogen and oxygen atoms in total. The van der Waals surface area contributed by atoms with E-state index in [1.54, 1.807) is 0 Å². The molecule has 1 aromatic heterocycles. The summed E-state index contributed by atoms with van der Waals surface area (Å²) in [6, 6.07) is 6.62. The first-order valence-electron chi connectivity index (χ1n) is 7.40. The van der Waals surface area contributed by atoms with Crippen molar-refractivity contribution in [3.63, 3.8) is 0 Å². The average molecular weight is 241 g/mol. The SMILES string of the molecule is Cc1cccc2c(CCC3CCCCC3)c[nH]c12. The Bertz CT molecular complexity index is 517. The number of benzene rings is 1. The van der Waals surface area contributed by atoms with Crippen molar-refractivity contribution >= 4 is 10.9 Å². The number of hydrogen-bond acceptors (Lipinski definition) is 0. The quantitative estimate of drug-likeness (QED) is 0.779. The van der Waals surface area contributed by atoms with Crippen molar-refractivity contribution in [2.45, 2.75) is 51.9 Å². The lowest BCUT2D eigenvalue weighted by Crippen LogP contribution is -2.07. The minimum Gasteiger partial charge on any atom is -0.361 e. The lowest BCUT2D eigenvalue weighted by Gasteiger charge is -2.21. The molecule has 0 bridgehead atoms. The number of nitrogens with one attached hydrogen (secondary N) is 1. The summed E-state index contributed by atoms with van der Waals surface area (Å²) in [6.07, 6.45) is 12.1. The van der Waals surface area contributed by atoms with Crippen LogP contribution in [-0.2, 0) is 6.42 Å². The molecule has 2 aromatic rings. The zero-order chi connectivity index (χ0) is 12.4. The minimum atomic E-state index is 0.980. The maximum atomic E-state index is 3.44. The van der Waals surface area contributed by atoms with Crippen molar-refractivity contribution < 1.29 is 0 Å². The van der Waals surface area contributed by atoms with Crippen molar-refractivity contribution in [3.05, 3.63) is 35.5 Å². The molecule has 1 aromatic carbocycles. The van der Waals surface area contributed by atoms with Crippen LogP contribution >= 0.6 is 0 Å². The summed E-state index contributed by atoms with van der Waals surface area (Å²) < 4.78 is 0. The van der Waals surface area contributed by atoms with Gasteiger partial charge in [0, 0.05) is 17.1 Å². The minimum absolute atomic E-state index is 0.980. The molecular weight excluding hydrogens is 218 g/mol. The molecule has 1 heteroatoms. The Hall–Kier alpha value is -1.24. The molecule has 1 N–H and O–H groups in total. The van der Waals surface area contributed by atoms with Crippen LogP contribution in [0.25, 0.3) is 10.9 Å². The molecule has 0 aliphatic heterocycles. The highest BCUT2D eigenvalue weighted by Gasteiger charge is 2.14. The predicted molar refractivity (Wildman–Crippen MR) is 77.9 cm³/mol. The number of hydrogen-bond donors (Lipinski definition) is 1. The Balaban J connectivity index is 1.72. The molecule has 18 heavy (non-hydrogen) atoms. The second-order valence-corrected chi connectivity index (χ2v) is 5.85. The van der Waals surface area contributed by atoms with Crippen LogP contribution in [0, 0.1) is 12.8 Å². The van der Waals surface area contributed by atoms with Gasteiger partial charge in [0.15, 0.2) is 0 Å². The van der Waals surface area contributed by atoms with E-state index < -0.39 is 0 Å². The fourth-order valence-corrected chi connectivity index (χ4v) is 3.41. The molecule has 3 rings (SSSR count). The lowest BCUT2D eigenvalue weighted by atomic mass is 9.85. The summed E-state index contributed by atoms with van der Waals surface area (Å²) in [4.78, 5) is 3.44. The average Bonchev–Trinajstić information content (AvgIpc) is 2.82. The standard InChI is InChI=1S/C17H23N/c1-13-6-5-9-16-15(12-18-17(13)16)11-10-14-7-3-2-4-8-14/h5-6,9,12,14,18H,2-4,7-8,10-11H2,1H3. The van der Waals surface area contributed by atoms with E-state index in [-0.39, 0.29) is 0 Å². The van der Waals surface area contributed by atoms with Crippen LogP contribution in [0.3, 0.4) is 0 Å². The van der Waals surface area contributed by atoms with Crippen molar-refractivity contribution in [3.8, 4) is 0 Å². The smallest absolute Gasteiger partial charge is 0.0486 e. The van der Waals surface area contributed by atoms with Crippen LogP contribution in [0.5, 0.6) is 0 Å². The van der Waals surface area contributed by atoms with Crippen molar-refractivity contribution in [1.29, 1.82) is 0 Å². The molecule has 0 atom stereocenters. The van der Waals surface area contributed by atoms with E-state index in [1.807, 2.05) is 0 Å². The van der Waals surface area contributed by atoms with E-state index in [0.29, 0.717) is 0 Å². The summed E-state index contributed by atoms with van der Waals surface area (Å²) in [6.45, 7) is 2.18. The fourth-order valence-electron chi connectivity index (χ4n) is 3.41. The van der Waals surface area contributed by atoms with Crippen LogP contribution in [0.1, 0.15) is 49.7 Å². The predicted octanol–water partition coefficient (Wildman–Crippen LogP) is 4.99. The maximum absolute atomic E-state index is 3.44. The molecule has 1 fully saturated rings. The van der Waals surface area contributed by atoms with E-state index in [1.165, 1.54) is 67.0 Å². The molecular formula is C17H23N. The third-order valence-electron chi connectivity index (χ3n) is 4.56. The highest BCUT2D eigenvalue weighted by atomic mass is 14.7. The Kier molecular flexibility index (Phi) is 3.40. The molecule has 0 saturated heterocycles. The normalized spacial score (nSPS) is 17.4. The van der Waals surface area contributed by atoms with Gasteiger partial charge in [-0.1, -0.05) is 50.3 Å². The van der Waals surface area contributed by atoms with Gasteiger partial charge in [-0.25, -0.2) is 0 Å². The number of rotatable bonds is 3. The van der Waals surface area contributed by atoms with Gasteiger partial charge in [0.2, 0.25) is 0 Å². The van der Waals surface area contributed by atoms with Crippen LogP contribution < -0.4 is 0 Å². The van der Waals surface area contributed by atoms with Gasteiger partial charge in [-0.15, -0.1) is 0 Å². The summed E-state index contributed by atoms with van der Waals surface area (Å²) in [7, 11) is 0. The van der Waals surface area contributed by atoms with Gasteiger partial charge in [-0.05, 0) is 36.8 Å². The Morgan fingerprint density at radius 3 is 2.83 bits per heavy atom. The van der Waals surface area contributed by atoms with E-state index in [0.717, 1.165) is 5.92 Å². The van der Waals surface area contributed by atoms with Gasteiger partial charge in [-0.2, -0.15) is 0 Å². The third-order valence-corrected chi connectivity index (χ3v) is 4.56. The number of aromatic nitrogens is 1. The van der Waals surface area contributed by atoms with Crippen LogP contribution in [-0.4, -0.2) is 4.98 Å². The first-order chi connectivity index (χ1) is 8.84. The highest BCUT2D eigenvalue weighted by molar-refractivity contribution is 5.85. The Morgan fingerprint density at radius 1 is 1.17 bits per heavy atom. The van der Waals surface area contributed by atoms with E-state index in [4.69, 9.17) is 0 Å². The Morgan fingerprint density at radius 2 is 2.00 bits per heavy atom. The molecule has 96 valence electrons. The molecule has 1 aliphatic carbocycles. The summed E-state index contributed by atoms with van der Waals surface area (Å²) in [5.74, 6) is 0.980. The zero-order valence-corrected chi connectivity index (χ0v) is 11.3. The molecule has 0 unspecified atom stereocenters. The highest BCUT2D eigenvalue weighted by Crippen LogP contribution is 2.29. The monoisotopic (exact) mass is 241 g/mol. The molecule has 0 radical (unpaired) electrons. The molecule has 1 saturated carbocycles. The molecule has 1 heterocycles. The Labute approximate surface area is 110 Å². The van der Waals surface area contributed by atoms with Gasteiger partial charge in [0.05, 0.1) is 0 Å². The van der Waals surface area contributed by atoms with E-state index >= 15 is 0 Å². The number of aryl methyl sites for hydroxylation is 2. The summed E-state index contributed by atoms with van der Waals surface area (Å²) >= 11 is 0. The first kappa shape index (κ1) is 11.8.